The summed E-state index contributed by atoms with van der Waals surface area (Å²) in [7, 11) is 0. The fraction of sp³-hybridized carbons (Fsp3) is 0.208. The van der Waals surface area contributed by atoms with Gasteiger partial charge in [0.15, 0.2) is 0 Å². The molecule has 0 amide bonds. The first-order valence-electron chi connectivity index (χ1n) is 9.68. The highest BCUT2D eigenvalue weighted by Gasteiger charge is 2.09. The van der Waals surface area contributed by atoms with Crippen molar-refractivity contribution in [1.82, 2.24) is 15.0 Å². The third-order valence-corrected chi connectivity index (χ3v) is 5.76. The largest absolute Gasteiger partial charge is 0.492 e. The monoisotopic (exact) mass is 401 g/mol. The van der Waals surface area contributed by atoms with E-state index in [-0.39, 0.29) is 0 Å². The smallest absolute Gasteiger partial charge is 0.125 e. The van der Waals surface area contributed by atoms with E-state index >= 15 is 0 Å². The molecule has 146 valence electrons. The number of pyridine rings is 3. The predicted molar refractivity (Wildman–Crippen MR) is 119 cm³/mol. The number of para-hydroxylation sites is 1. The van der Waals surface area contributed by atoms with Crippen LogP contribution >= 0.6 is 11.8 Å². The molecule has 0 N–H and O–H groups in total. The molecule has 0 fully saturated rings. The van der Waals surface area contributed by atoms with Gasteiger partial charge in [0.2, 0.25) is 0 Å². The summed E-state index contributed by atoms with van der Waals surface area (Å²) in [4.78, 5) is 13.4. The highest BCUT2D eigenvalue weighted by Crippen LogP contribution is 2.22. The minimum atomic E-state index is 0.675. The van der Waals surface area contributed by atoms with E-state index in [9.17, 15) is 0 Å². The average molecular weight is 402 g/mol. The van der Waals surface area contributed by atoms with Gasteiger partial charge in [0, 0.05) is 53.2 Å². The van der Waals surface area contributed by atoms with Crippen LogP contribution in [-0.4, -0.2) is 27.3 Å². The van der Waals surface area contributed by atoms with Crippen molar-refractivity contribution < 1.29 is 4.74 Å². The maximum Gasteiger partial charge on any atom is 0.125 e. The van der Waals surface area contributed by atoms with Crippen LogP contribution in [0.4, 0.5) is 0 Å². The number of thioether (sulfide) groups is 1. The van der Waals surface area contributed by atoms with Crippen molar-refractivity contribution in [3.63, 3.8) is 0 Å². The number of hydrogen-bond acceptors (Lipinski definition) is 5. The molecule has 4 rings (SSSR count). The molecule has 0 bridgehead atoms. The van der Waals surface area contributed by atoms with Gasteiger partial charge in [0.25, 0.3) is 0 Å². The van der Waals surface area contributed by atoms with Gasteiger partial charge in [-0.15, -0.1) is 0 Å². The average Bonchev–Trinajstić information content (AvgIpc) is 2.76. The Balaban J connectivity index is 1.35. The zero-order valence-electron chi connectivity index (χ0n) is 16.4. The minimum absolute atomic E-state index is 0.675. The second-order valence-electron chi connectivity index (χ2n) is 6.81. The van der Waals surface area contributed by atoms with Crippen LogP contribution in [-0.2, 0) is 12.2 Å². The highest BCUT2D eigenvalue weighted by atomic mass is 32.2. The molecule has 0 unspecified atom stereocenters. The summed E-state index contributed by atoms with van der Waals surface area (Å²) in [6.45, 7) is 2.75. The molecule has 0 aliphatic rings. The summed E-state index contributed by atoms with van der Waals surface area (Å²) < 4.78 is 6.03. The first-order valence-corrected chi connectivity index (χ1v) is 10.8. The number of benzene rings is 1. The SMILES string of the molecule is Cc1c(OCCSCc2ccncc2)ccnc1Cc1ccc2ccccc2n1. The van der Waals surface area contributed by atoms with Gasteiger partial charge in [-0.25, -0.2) is 0 Å². The van der Waals surface area contributed by atoms with Gasteiger partial charge < -0.3 is 4.74 Å². The Hall–Kier alpha value is -2.92. The molecule has 4 aromatic rings. The molecule has 0 aliphatic heterocycles. The van der Waals surface area contributed by atoms with Crippen LogP contribution in [0.15, 0.2) is 73.2 Å². The van der Waals surface area contributed by atoms with Crippen molar-refractivity contribution in [3.8, 4) is 5.75 Å². The number of hydrogen-bond donors (Lipinski definition) is 0. The Kier molecular flexibility index (Phi) is 6.37. The van der Waals surface area contributed by atoms with Crippen molar-refractivity contribution in [1.29, 1.82) is 0 Å². The first-order chi connectivity index (χ1) is 14.3. The van der Waals surface area contributed by atoms with Crippen LogP contribution < -0.4 is 4.74 Å². The lowest BCUT2D eigenvalue weighted by molar-refractivity contribution is 0.340. The lowest BCUT2D eigenvalue weighted by Gasteiger charge is -2.12. The Morgan fingerprint density at radius 1 is 0.931 bits per heavy atom. The lowest BCUT2D eigenvalue weighted by atomic mass is 10.1. The van der Waals surface area contributed by atoms with Crippen LogP contribution in [0, 0.1) is 6.92 Å². The van der Waals surface area contributed by atoms with Gasteiger partial charge in [-0.2, -0.15) is 11.8 Å². The van der Waals surface area contributed by atoms with Crippen LogP contribution in [0.25, 0.3) is 10.9 Å². The van der Waals surface area contributed by atoms with Gasteiger partial charge in [0.05, 0.1) is 17.8 Å². The zero-order chi connectivity index (χ0) is 19.9. The summed E-state index contributed by atoms with van der Waals surface area (Å²) in [6, 6.07) is 18.4. The fourth-order valence-electron chi connectivity index (χ4n) is 3.15. The Labute approximate surface area is 175 Å². The summed E-state index contributed by atoms with van der Waals surface area (Å²) in [5.74, 6) is 2.81. The number of rotatable bonds is 8. The normalized spacial score (nSPS) is 10.9. The van der Waals surface area contributed by atoms with Gasteiger partial charge in [-0.3, -0.25) is 15.0 Å². The molecule has 0 saturated heterocycles. The number of nitrogens with zero attached hydrogens (tertiary/aromatic N) is 3. The number of aromatic nitrogens is 3. The molecule has 3 heterocycles. The van der Waals surface area contributed by atoms with Crippen molar-refractivity contribution in [2.24, 2.45) is 0 Å². The highest BCUT2D eigenvalue weighted by molar-refractivity contribution is 7.98. The van der Waals surface area contributed by atoms with E-state index in [1.54, 1.807) is 0 Å². The molecule has 0 radical (unpaired) electrons. The van der Waals surface area contributed by atoms with Crippen LogP contribution in [0.1, 0.15) is 22.5 Å². The van der Waals surface area contributed by atoms with E-state index < -0.39 is 0 Å². The van der Waals surface area contributed by atoms with E-state index in [2.05, 4.69) is 35.1 Å². The van der Waals surface area contributed by atoms with E-state index in [0.29, 0.717) is 13.0 Å². The second kappa shape index (κ2) is 9.52. The Morgan fingerprint density at radius 2 is 1.79 bits per heavy atom. The number of ether oxygens (including phenoxy) is 1. The van der Waals surface area contributed by atoms with E-state index in [1.807, 2.05) is 66.8 Å². The van der Waals surface area contributed by atoms with Crippen LogP contribution in [0.3, 0.4) is 0 Å². The quantitative estimate of drug-likeness (QED) is 0.378. The van der Waals surface area contributed by atoms with Crippen LogP contribution in [0.2, 0.25) is 0 Å². The molecule has 0 atom stereocenters. The molecular weight excluding hydrogens is 378 g/mol. The molecule has 0 spiro atoms. The van der Waals surface area contributed by atoms with Crippen molar-refractivity contribution in [2.75, 3.05) is 12.4 Å². The molecule has 1 aromatic carbocycles. The van der Waals surface area contributed by atoms with Crippen molar-refractivity contribution >= 4 is 22.7 Å². The second-order valence-corrected chi connectivity index (χ2v) is 7.91. The van der Waals surface area contributed by atoms with E-state index in [4.69, 9.17) is 9.72 Å². The Bertz CT molecular complexity index is 1090. The number of fused-ring (bicyclic) bond motifs is 1. The third-order valence-electron chi connectivity index (χ3n) is 4.77. The fourth-order valence-corrected chi connectivity index (χ4v) is 3.93. The van der Waals surface area contributed by atoms with E-state index in [0.717, 1.165) is 45.1 Å². The first kappa shape index (κ1) is 19.4. The van der Waals surface area contributed by atoms with Gasteiger partial charge in [0.1, 0.15) is 5.75 Å². The molecular formula is C24H23N3OS. The summed E-state index contributed by atoms with van der Waals surface area (Å²) in [6.07, 6.45) is 6.19. The molecule has 0 aliphatic carbocycles. The Morgan fingerprint density at radius 3 is 2.69 bits per heavy atom. The maximum atomic E-state index is 6.03. The minimum Gasteiger partial charge on any atom is -0.492 e. The topological polar surface area (TPSA) is 47.9 Å². The summed E-state index contributed by atoms with van der Waals surface area (Å²) in [5, 5.41) is 1.15. The summed E-state index contributed by atoms with van der Waals surface area (Å²) in [5.41, 5.74) is 5.41. The molecule has 3 aromatic heterocycles. The lowest BCUT2D eigenvalue weighted by Crippen LogP contribution is -2.05. The molecule has 5 heteroatoms. The zero-order valence-corrected chi connectivity index (χ0v) is 17.2. The maximum absolute atomic E-state index is 6.03. The molecule has 0 saturated carbocycles. The van der Waals surface area contributed by atoms with Crippen molar-refractivity contribution in [3.05, 3.63) is 95.7 Å². The predicted octanol–water partition coefficient (Wildman–Crippen LogP) is 5.24. The summed E-state index contributed by atoms with van der Waals surface area (Å²) >= 11 is 1.86. The van der Waals surface area contributed by atoms with E-state index in [1.165, 1.54) is 5.56 Å². The van der Waals surface area contributed by atoms with Crippen LogP contribution in [0.5, 0.6) is 5.75 Å². The molecule has 4 nitrogen and oxygen atoms in total. The van der Waals surface area contributed by atoms with Gasteiger partial charge in [-0.1, -0.05) is 24.3 Å². The standard InChI is InChI=1S/C24H23N3OS/c1-18-23(16-21-7-6-20-4-2-3-5-22(20)27-21)26-13-10-24(18)28-14-15-29-17-19-8-11-25-12-9-19/h2-13H,14-17H2,1H3. The molecule has 29 heavy (non-hydrogen) atoms. The van der Waals surface area contributed by atoms with Crippen molar-refractivity contribution in [2.45, 2.75) is 19.1 Å². The third kappa shape index (κ3) is 5.12. The van der Waals surface area contributed by atoms with Gasteiger partial charge in [-0.05, 0) is 42.8 Å². The van der Waals surface area contributed by atoms with Gasteiger partial charge >= 0.3 is 0 Å².